The molecular weight excluding hydrogens is 340 g/mol. The summed E-state index contributed by atoms with van der Waals surface area (Å²) in [6.45, 7) is 11.9. The van der Waals surface area contributed by atoms with Gasteiger partial charge in [0.2, 0.25) is 5.91 Å². The number of aromatic nitrogens is 2. The van der Waals surface area contributed by atoms with Crippen LogP contribution in [0.1, 0.15) is 64.6 Å². The third-order valence-corrected chi connectivity index (χ3v) is 6.02. The molecule has 27 heavy (non-hydrogen) atoms. The number of aryl methyl sites for hydroxylation is 1. The minimum atomic E-state index is 0.0410. The standard InChI is InChI=1S/C21H36N4O2/c1-4-5-9-24-12-8-22-21(24)18-6-10-23(11-7-18)20(26)15-19-16-25(17(2)3)13-14-27-19/h8,12,17-19H,4-7,9-11,13-16H2,1-3H3. The van der Waals surface area contributed by atoms with Crippen molar-refractivity contribution in [2.24, 2.45) is 0 Å². The van der Waals surface area contributed by atoms with E-state index in [1.165, 1.54) is 18.7 Å². The van der Waals surface area contributed by atoms with Crippen LogP contribution in [0.4, 0.5) is 0 Å². The molecule has 3 heterocycles. The van der Waals surface area contributed by atoms with Crippen LogP contribution in [0, 0.1) is 0 Å². The molecule has 152 valence electrons. The predicted octanol–water partition coefficient (Wildman–Crippen LogP) is 2.89. The molecule has 0 spiro atoms. The maximum Gasteiger partial charge on any atom is 0.225 e. The third-order valence-electron chi connectivity index (χ3n) is 6.02. The van der Waals surface area contributed by atoms with E-state index in [-0.39, 0.29) is 12.0 Å². The molecule has 0 radical (unpaired) electrons. The highest BCUT2D eigenvalue weighted by Crippen LogP contribution is 2.28. The molecule has 6 heteroatoms. The first-order valence-electron chi connectivity index (χ1n) is 10.7. The van der Waals surface area contributed by atoms with Crippen molar-refractivity contribution in [3.63, 3.8) is 0 Å². The molecule has 1 unspecified atom stereocenters. The van der Waals surface area contributed by atoms with Gasteiger partial charge in [0, 0.05) is 57.1 Å². The van der Waals surface area contributed by atoms with Gasteiger partial charge < -0.3 is 14.2 Å². The zero-order valence-electron chi connectivity index (χ0n) is 17.3. The monoisotopic (exact) mass is 376 g/mol. The summed E-state index contributed by atoms with van der Waals surface area (Å²) in [5.74, 6) is 1.93. The number of rotatable bonds is 7. The van der Waals surface area contributed by atoms with Crippen molar-refractivity contribution < 1.29 is 9.53 Å². The molecule has 2 aliphatic heterocycles. The Labute approximate surface area is 163 Å². The average molecular weight is 377 g/mol. The Hall–Kier alpha value is -1.40. The maximum absolute atomic E-state index is 12.8. The highest BCUT2D eigenvalue weighted by Gasteiger charge is 2.29. The summed E-state index contributed by atoms with van der Waals surface area (Å²) in [7, 11) is 0. The van der Waals surface area contributed by atoms with Gasteiger partial charge in [0.05, 0.1) is 19.1 Å². The van der Waals surface area contributed by atoms with Crippen LogP contribution in [-0.2, 0) is 16.1 Å². The summed E-state index contributed by atoms with van der Waals surface area (Å²) in [5, 5.41) is 0. The van der Waals surface area contributed by atoms with Gasteiger partial charge in [-0.05, 0) is 33.1 Å². The Morgan fingerprint density at radius 1 is 1.30 bits per heavy atom. The number of imidazole rings is 1. The van der Waals surface area contributed by atoms with E-state index in [4.69, 9.17) is 4.74 Å². The van der Waals surface area contributed by atoms with Gasteiger partial charge in [-0.15, -0.1) is 0 Å². The first kappa shape index (κ1) is 20.3. The zero-order chi connectivity index (χ0) is 19.2. The summed E-state index contributed by atoms with van der Waals surface area (Å²) in [5.41, 5.74) is 0. The summed E-state index contributed by atoms with van der Waals surface area (Å²) in [6.07, 6.45) is 8.99. The number of hydrogen-bond acceptors (Lipinski definition) is 4. The van der Waals surface area contributed by atoms with E-state index in [0.717, 1.165) is 52.2 Å². The quantitative estimate of drug-likeness (QED) is 0.734. The van der Waals surface area contributed by atoms with Gasteiger partial charge in [0.1, 0.15) is 5.82 Å². The SMILES string of the molecule is CCCCn1ccnc1C1CCN(C(=O)CC2CN(C(C)C)CCO2)CC1. The highest BCUT2D eigenvalue weighted by atomic mass is 16.5. The van der Waals surface area contributed by atoms with Crippen molar-refractivity contribution in [3.8, 4) is 0 Å². The highest BCUT2D eigenvalue weighted by molar-refractivity contribution is 5.76. The summed E-state index contributed by atoms with van der Waals surface area (Å²) >= 11 is 0. The first-order valence-corrected chi connectivity index (χ1v) is 10.7. The van der Waals surface area contributed by atoms with Gasteiger partial charge in [0.25, 0.3) is 0 Å². The topological polar surface area (TPSA) is 50.6 Å². The van der Waals surface area contributed by atoms with Crippen LogP contribution in [0.3, 0.4) is 0 Å². The van der Waals surface area contributed by atoms with Crippen molar-refractivity contribution in [3.05, 3.63) is 18.2 Å². The lowest BCUT2D eigenvalue weighted by Crippen LogP contribution is -2.48. The summed E-state index contributed by atoms with van der Waals surface area (Å²) in [6, 6.07) is 0.513. The van der Waals surface area contributed by atoms with Crippen LogP contribution < -0.4 is 0 Å². The van der Waals surface area contributed by atoms with Gasteiger partial charge in [-0.25, -0.2) is 4.98 Å². The van der Waals surface area contributed by atoms with E-state index in [9.17, 15) is 4.79 Å². The Bertz CT molecular complexity index is 593. The largest absolute Gasteiger partial charge is 0.375 e. The molecular formula is C21H36N4O2. The van der Waals surface area contributed by atoms with Crippen molar-refractivity contribution in [1.82, 2.24) is 19.4 Å². The number of nitrogens with zero attached hydrogens (tertiary/aromatic N) is 4. The number of carbonyl (C=O) groups excluding carboxylic acids is 1. The second-order valence-corrected chi connectivity index (χ2v) is 8.27. The van der Waals surface area contributed by atoms with E-state index in [1.807, 2.05) is 11.1 Å². The number of ether oxygens (including phenoxy) is 1. The number of amides is 1. The lowest BCUT2D eigenvalue weighted by atomic mass is 9.95. The van der Waals surface area contributed by atoms with Crippen molar-refractivity contribution in [2.45, 2.75) is 77.5 Å². The number of piperidine rings is 1. The second kappa shape index (κ2) is 9.69. The van der Waals surface area contributed by atoms with Crippen LogP contribution in [0.15, 0.2) is 12.4 Å². The van der Waals surface area contributed by atoms with Gasteiger partial charge in [-0.2, -0.15) is 0 Å². The van der Waals surface area contributed by atoms with Crippen molar-refractivity contribution in [2.75, 3.05) is 32.8 Å². The van der Waals surface area contributed by atoms with E-state index >= 15 is 0 Å². The predicted molar refractivity (Wildman–Crippen MR) is 107 cm³/mol. The van der Waals surface area contributed by atoms with Gasteiger partial charge in [-0.3, -0.25) is 9.69 Å². The van der Waals surface area contributed by atoms with E-state index < -0.39 is 0 Å². The molecule has 0 aliphatic carbocycles. The molecule has 1 aromatic heterocycles. The molecule has 3 rings (SSSR count). The van der Waals surface area contributed by atoms with Gasteiger partial charge in [0.15, 0.2) is 0 Å². The maximum atomic E-state index is 12.8. The molecule has 1 aromatic rings. The Morgan fingerprint density at radius 2 is 2.07 bits per heavy atom. The van der Waals surface area contributed by atoms with Gasteiger partial charge >= 0.3 is 0 Å². The lowest BCUT2D eigenvalue weighted by molar-refractivity contribution is -0.137. The molecule has 1 atom stereocenters. The minimum absolute atomic E-state index is 0.0410. The van der Waals surface area contributed by atoms with Crippen LogP contribution in [-0.4, -0.2) is 70.2 Å². The molecule has 0 aromatic carbocycles. The lowest BCUT2D eigenvalue weighted by Gasteiger charge is -2.37. The average Bonchev–Trinajstić information content (AvgIpc) is 3.15. The molecule has 1 amide bonds. The fourth-order valence-corrected chi connectivity index (χ4v) is 4.24. The third kappa shape index (κ3) is 5.32. The fourth-order valence-electron chi connectivity index (χ4n) is 4.24. The number of likely N-dealkylation sites (tertiary alicyclic amines) is 1. The smallest absolute Gasteiger partial charge is 0.225 e. The summed E-state index contributed by atoms with van der Waals surface area (Å²) in [4.78, 5) is 21.8. The van der Waals surface area contributed by atoms with Crippen LogP contribution in [0.2, 0.25) is 0 Å². The van der Waals surface area contributed by atoms with E-state index in [1.54, 1.807) is 0 Å². The Balaban J connectivity index is 1.47. The molecule has 0 saturated carbocycles. The minimum Gasteiger partial charge on any atom is -0.375 e. The van der Waals surface area contributed by atoms with Crippen LogP contribution >= 0.6 is 0 Å². The number of carbonyl (C=O) groups is 1. The Morgan fingerprint density at radius 3 is 2.78 bits per heavy atom. The molecule has 2 fully saturated rings. The molecule has 6 nitrogen and oxygen atoms in total. The number of morpholine rings is 1. The number of hydrogen-bond donors (Lipinski definition) is 0. The zero-order valence-corrected chi connectivity index (χ0v) is 17.3. The van der Waals surface area contributed by atoms with Crippen LogP contribution in [0.5, 0.6) is 0 Å². The van der Waals surface area contributed by atoms with E-state index in [2.05, 4.69) is 41.4 Å². The van der Waals surface area contributed by atoms with E-state index in [0.29, 0.717) is 18.4 Å². The van der Waals surface area contributed by atoms with Gasteiger partial charge in [-0.1, -0.05) is 13.3 Å². The molecule has 0 N–H and O–H groups in total. The first-order chi connectivity index (χ1) is 13.1. The number of unbranched alkanes of at least 4 members (excludes halogenated alkanes) is 1. The summed E-state index contributed by atoms with van der Waals surface area (Å²) < 4.78 is 8.16. The van der Waals surface area contributed by atoms with Crippen molar-refractivity contribution in [1.29, 1.82) is 0 Å². The molecule has 2 aliphatic rings. The molecule has 0 bridgehead atoms. The van der Waals surface area contributed by atoms with Crippen LogP contribution in [0.25, 0.3) is 0 Å². The fraction of sp³-hybridized carbons (Fsp3) is 0.810. The molecule has 2 saturated heterocycles. The Kier molecular flexibility index (Phi) is 7.30. The second-order valence-electron chi connectivity index (χ2n) is 8.27. The van der Waals surface area contributed by atoms with Crippen molar-refractivity contribution >= 4 is 5.91 Å². The normalized spacial score (nSPS) is 22.5.